The first kappa shape index (κ1) is 20.7. The molecule has 0 bridgehead atoms. The minimum atomic E-state index is 0.222. The van der Waals surface area contributed by atoms with Crippen LogP contribution >= 0.6 is 0 Å². The zero-order valence-electron chi connectivity index (χ0n) is 18.2. The number of aliphatic imine (C=N–C) groups is 1. The first-order valence-corrected chi connectivity index (χ1v) is 10.7. The van der Waals surface area contributed by atoms with E-state index >= 15 is 0 Å². The summed E-state index contributed by atoms with van der Waals surface area (Å²) in [4.78, 5) is 9.43. The minimum Gasteiger partial charge on any atom is -0.497 e. The number of guanidine groups is 1. The normalized spacial score (nSPS) is 22.1. The Hall–Kier alpha value is -2.57. The number of likely N-dealkylation sites (tertiary alicyclic amines) is 1. The number of fused-ring (bicyclic) bond motifs is 1. The molecule has 0 aliphatic carbocycles. The topological polar surface area (TPSA) is 49.3 Å². The molecule has 2 aliphatic rings. The molecule has 0 radical (unpaired) electrons. The van der Waals surface area contributed by atoms with E-state index in [4.69, 9.17) is 9.47 Å². The van der Waals surface area contributed by atoms with Gasteiger partial charge in [-0.2, -0.15) is 0 Å². The van der Waals surface area contributed by atoms with Crippen LogP contribution < -0.4 is 10.1 Å². The Labute approximate surface area is 179 Å². The largest absolute Gasteiger partial charge is 0.497 e. The predicted octanol–water partition coefficient (Wildman–Crippen LogP) is 2.66. The third kappa shape index (κ3) is 4.77. The number of morpholine rings is 1. The van der Waals surface area contributed by atoms with Crippen molar-refractivity contribution < 1.29 is 9.47 Å². The predicted molar refractivity (Wildman–Crippen MR) is 120 cm³/mol. The van der Waals surface area contributed by atoms with Crippen LogP contribution in [-0.2, 0) is 17.8 Å². The highest BCUT2D eigenvalue weighted by Crippen LogP contribution is 2.25. The summed E-state index contributed by atoms with van der Waals surface area (Å²) in [5, 5.41) is 3.53. The Balaban J connectivity index is 1.39. The second-order valence-corrected chi connectivity index (χ2v) is 8.10. The lowest BCUT2D eigenvalue weighted by Crippen LogP contribution is -2.50. The SMILES string of the molecule is CN=C(NCc1cc(C)cc(OC)c1)N1CC2OCCN(Cc3ccccc3)C2C1. The maximum atomic E-state index is 6.12. The van der Waals surface area contributed by atoms with E-state index in [1.807, 2.05) is 13.1 Å². The smallest absolute Gasteiger partial charge is 0.194 e. The number of rotatable bonds is 5. The number of methoxy groups -OCH3 is 1. The molecule has 0 aromatic heterocycles. The lowest BCUT2D eigenvalue weighted by atomic mass is 10.1. The van der Waals surface area contributed by atoms with Gasteiger partial charge in [-0.3, -0.25) is 9.89 Å². The molecule has 0 saturated carbocycles. The average molecular weight is 409 g/mol. The fourth-order valence-corrected chi connectivity index (χ4v) is 4.50. The number of ether oxygens (including phenoxy) is 2. The molecule has 2 aliphatic heterocycles. The second kappa shape index (κ2) is 9.49. The molecule has 4 rings (SSSR count). The van der Waals surface area contributed by atoms with Gasteiger partial charge in [0.1, 0.15) is 5.75 Å². The van der Waals surface area contributed by atoms with Gasteiger partial charge in [0.15, 0.2) is 5.96 Å². The number of hydrogen-bond acceptors (Lipinski definition) is 4. The zero-order chi connectivity index (χ0) is 20.9. The first-order chi connectivity index (χ1) is 14.7. The summed E-state index contributed by atoms with van der Waals surface area (Å²) in [5.74, 6) is 1.81. The average Bonchev–Trinajstić information content (AvgIpc) is 3.20. The molecule has 2 saturated heterocycles. The van der Waals surface area contributed by atoms with Crippen molar-refractivity contribution in [1.82, 2.24) is 15.1 Å². The summed E-state index contributed by atoms with van der Waals surface area (Å²) in [6, 6.07) is 17.4. The quantitative estimate of drug-likeness (QED) is 0.609. The lowest BCUT2D eigenvalue weighted by molar-refractivity contribution is -0.0502. The van der Waals surface area contributed by atoms with Crippen LogP contribution in [0.4, 0.5) is 0 Å². The van der Waals surface area contributed by atoms with E-state index in [1.54, 1.807) is 7.11 Å². The minimum absolute atomic E-state index is 0.222. The van der Waals surface area contributed by atoms with Crippen molar-refractivity contribution in [1.29, 1.82) is 0 Å². The van der Waals surface area contributed by atoms with Crippen LogP contribution in [0, 0.1) is 6.92 Å². The molecule has 0 spiro atoms. The number of nitrogens with zero attached hydrogens (tertiary/aromatic N) is 3. The Morgan fingerprint density at radius 1 is 1.17 bits per heavy atom. The van der Waals surface area contributed by atoms with Crippen LogP contribution in [0.25, 0.3) is 0 Å². The van der Waals surface area contributed by atoms with E-state index in [0.717, 1.165) is 44.5 Å². The van der Waals surface area contributed by atoms with Crippen molar-refractivity contribution in [2.45, 2.75) is 32.2 Å². The van der Waals surface area contributed by atoms with E-state index in [0.29, 0.717) is 12.6 Å². The molecule has 1 N–H and O–H groups in total. The van der Waals surface area contributed by atoms with Crippen LogP contribution in [0.2, 0.25) is 0 Å². The van der Waals surface area contributed by atoms with Crippen LogP contribution in [0.3, 0.4) is 0 Å². The van der Waals surface area contributed by atoms with Gasteiger partial charge < -0.3 is 19.7 Å². The fourth-order valence-electron chi connectivity index (χ4n) is 4.50. The molecule has 2 aromatic rings. The molecule has 2 unspecified atom stereocenters. The standard InChI is InChI=1S/C24H32N4O2/c1-18-11-20(13-21(12-18)29-3)14-26-24(25-2)28-16-22-23(17-28)30-10-9-27(22)15-19-7-5-4-6-8-19/h4-8,11-13,22-23H,9-10,14-17H2,1-3H3,(H,25,26). The lowest BCUT2D eigenvalue weighted by Gasteiger charge is -2.36. The molecular weight excluding hydrogens is 376 g/mol. The molecule has 2 atom stereocenters. The van der Waals surface area contributed by atoms with Gasteiger partial charge in [0.25, 0.3) is 0 Å². The highest BCUT2D eigenvalue weighted by molar-refractivity contribution is 5.80. The molecule has 6 heteroatoms. The van der Waals surface area contributed by atoms with Crippen LogP contribution in [0.1, 0.15) is 16.7 Å². The molecule has 2 fully saturated rings. The van der Waals surface area contributed by atoms with E-state index < -0.39 is 0 Å². The second-order valence-electron chi connectivity index (χ2n) is 8.10. The number of nitrogens with one attached hydrogen (secondary N) is 1. The summed E-state index contributed by atoms with van der Waals surface area (Å²) >= 11 is 0. The molecule has 6 nitrogen and oxygen atoms in total. The zero-order valence-corrected chi connectivity index (χ0v) is 18.2. The van der Waals surface area contributed by atoms with Gasteiger partial charge in [0, 0.05) is 39.8 Å². The van der Waals surface area contributed by atoms with E-state index in [1.165, 1.54) is 16.7 Å². The number of benzene rings is 2. The summed E-state index contributed by atoms with van der Waals surface area (Å²) in [6.07, 6.45) is 0.222. The summed E-state index contributed by atoms with van der Waals surface area (Å²) in [6.45, 7) is 7.32. The molecule has 2 heterocycles. The van der Waals surface area contributed by atoms with Crippen molar-refractivity contribution in [3.05, 3.63) is 65.2 Å². The van der Waals surface area contributed by atoms with Crippen LogP contribution in [-0.4, -0.2) is 68.3 Å². The molecule has 30 heavy (non-hydrogen) atoms. The van der Waals surface area contributed by atoms with Crippen molar-refractivity contribution >= 4 is 5.96 Å². The Morgan fingerprint density at radius 2 is 2.00 bits per heavy atom. The first-order valence-electron chi connectivity index (χ1n) is 10.7. The fraction of sp³-hybridized carbons (Fsp3) is 0.458. The van der Waals surface area contributed by atoms with E-state index in [2.05, 4.69) is 69.5 Å². The Bertz CT molecular complexity index is 871. The summed E-state index contributed by atoms with van der Waals surface area (Å²) in [7, 11) is 3.56. The molecule has 160 valence electrons. The van der Waals surface area contributed by atoms with Crippen molar-refractivity contribution in [2.24, 2.45) is 4.99 Å². The van der Waals surface area contributed by atoms with Gasteiger partial charge in [-0.25, -0.2) is 0 Å². The van der Waals surface area contributed by atoms with E-state index in [9.17, 15) is 0 Å². The van der Waals surface area contributed by atoms with Gasteiger partial charge in [-0.05, 0) is 35.7 Å². The molecular formula is C24H32N4O2. The van der Waals surface area contributed by atoms with E-state index in [-0.39, 0.29) is 6.10 Å². The molecule has 0 amide bonds. The molecule has 2 aromatic carbocycles. The van der Waals surface area contributed by atoms with Gasteiger partial charge in [0.2, 0.25) is 0 Å². The summed E-state index contributed by atoms with van der Waals surface area (Å²) in [5.41, 5.74) is 3.73. The van der Waals surface area contributed by atoms with Gasteiger partial charge in [-0.15, -0.1) is 0 Å². The number of hydrogen-bond donors (Lipinski definition) is 1. The Kier molecular flexibility index (Phi) is 6.55. The van der Waals surface area contributed by atoms with Crippen molar-refractivity contribution in [2.75, 3.05) is 40.4 Å². The van der Waals surface area contributed by atoms with Crippen LogP contribution in [0.15, 0.2) is 53.5 Å². The summed E-state index contributed by atoms with van der Waals surface area (Å²) < 4.78 is 11.5. The number of aryl methyl sites for hydroxylation is 1. The third-order valence-corrected chi connectivity index (χ3v) is 5.95. The third-order valence-electron chi connectivity index (χ3n) is 5.95. The maximum Gasteiger partial charge on any atom is 0.194 e. The maximum absolute atomic E-state index is 6.12. The van der Waals surface area contributed by atoms with Crippen molar-refractivity contribution in [3.8, 4) is 5.75 Å². The van der Waals surface area contributed by atoms with Crippen molar-refractivity contribution in [3.63, 3.8) is 0 Å². The van der Waals surface area contributed by atoms with Gasteiger partial charge in [0.05, 0.1) is 25.9 Å². The van der Waals surface area contributed by atoms with Gasteiger partial charge in [-0.1, -0.05) is 36.4 Å². The Morgan fingerprint density at radius 3 is 2.77 bits per heavy atom. The highest BCUT2D eigenvalue weighted by Gasteiger charge is 2.41. The highest BCUT2D eigenvalue weighted by atomic mass is 16.5. The monoisotopic (exact) mass is 408 g/mol. The van der Waals surface area contributed by atoms with Crippen LogP contribution in [0.5, 0.6) is 5.75 Å². The van der Waals surface area contributed by atoms with Gasteiger partial charge >= 0.3 is 0 Å².